The number of benzene rings is 2. The van der Waals surface area contributed by atoms with E-state index in [0.29, 0.717) is 11.3 Å². The Morgan fingerprint density at radius 3 is 2.77 bits per heavy atom. The summed E-state index contributed by atoms with van der Waals surface area (Å²) in [6, 6.07) is 14.1. The van der Waals surface area contributed by atoms with Crippen LogP contribution in [-0.2, 0) is 20.7 Å². The summed E-state index contributed by atoms with van der Waals surface area (Å²) in [5, 5.41) is 0.787. The van der Waals surface area contributed by atoms with Gasteiger partial charge in [0.25, 0.3) is 5.91 Å². The molecule has 0 spiro atoms. The maximum Gasteiger partial charge on any atom is 0.344 e. The number of carbonyl (C=O) groups is 2. The fourth-order valence-corrected chi connectivity index (χ4v) is 3.74. The molecule has 0 saturated carbocycles. The molecule has 0 unspecified atom stereocenters. The van der Waals surface area contributed by atoms with E-state index in [1.54, 1.807) is 23.1 Å². The Labute approximate surface area is 172 Å². The molecule has 0 aliphatic carbocycles. The molecule has 2 aromatic carbocycles. The summed E-state index contributed by atoms with van der Waals surface area (Å²) >= 11 is 0. The van der Waals surface area contributed by atoms with Crippen LogP contribution in [-0.4, -0.2) is 31.1 Å². The minimum Gasteiger partial charge on any atom is -0.482 e. The molecular formula is C23H21NO6. The molecule has 0 N–H and O–H groups in total. The summed E-state index contributed by atoms with van der Waals surface area (Å²) in [6.45, 7) is 3.06. The number of ether oxygens (including phenoxy) is 2. The first-order valence-corrected chi connectivity index (χ1v) is 9.65. The van der Waals surface area contributed by atoms with Crippen molar-refractivity contribution in [1.29, 1.82) is 0 Å². The van der Waals surface area contributed by atoms with Crippen LogP contribution in [0.4, 0.5) is 5.69 Å². The third kappa shape index (κ3) is 3.91. The van der Waals surface area contributed by atoms with Crippen molar-refractivity contribution in [2.24, 2.45) is 0 Å². The van der Waals surface area contributed by atoms with Crippen LogP contribution in [0.1, 0.15) is 18.1 Å². The zero-order valence-electron chi connectivity index (χ0n) is 16.7. The van der Waals surface area contributed by atoms with Crippen LogP contribution in [0.15, 0.2) is 57.7 Å². The number of para-hydroxylation sites is 1. The van der Waals surface area contributed by atoms with Crippen LogP contribution < -0.4 is 15.3 Å². The second-order valence-corrected chi connectivity index (χ2v) is 7.30. The van der Waals surface area contributed by atoms with E-state index in [9.17, 15) is 14.4 Å². The van der Waals surface area contributed by atoms with Crippen molar-refractivity contribution < 1.29 is 23.5 Å². The van der Waals surface area contributed by atoms with Gasteiger partial charge in [0.2, 0.25) is 0 Å². The molecule has 2 heterocycles. The summed E-state index contributed by atoms with van der Waals surface area (Å²) in [5.41, 5.74) is 2.68. The van der Waals surface area contributed by atoms with E-state index in [1.807, 2.05) is 38.1 Å². The molecule has 1 aliphatic heterocycles. The van der Waals surface area contributed by atoms with Crippen LogP contribution in [0.2, 0.25) is 0 Å². The maximum atomic E-state index is 12.6. The Morgan fingerprint density at radius 2 is 1.93 bits per heavy atom. The average molecular weight is 407 g/mol. The van der Waals surface area contributed by atoms with Crippen molar-refractivity contribution in [3.63, 3.8) is 0 Å². The van der Waals surface area contributed by atoms with E-state index in [2.05, 4.69) is 0 Å². The molecule has 154 valence electrons. The van der Waals surface area contributed by atoms with Gasteiger partial charge in [0.15, 0.2) is 13.2 Å². The van der Waals surface area contributed by atoms with E-state index < -0.39 is 11.6 Å². The first-order valence-electron chi connectivity index (χ1n) is 9.65. The van der Waals surface area contributed by atoms with E-state index in [-0.39, 0.29) is 25.2 Å². The highest BCUT2D eigenvalue weighted by Gasteiger charge is 2.30. The van der Waals surface area contributed by atoms with Gasteiger partial charge in [-0.15, -0.1) is 0 Å². The van der Waals surface area contributed by atoms with Crippen molar-refractivity contribution in [3.8, 4) is 5.75 Å². The van der Waals surface area contributed by atoms with Crippen molar-refractivity contribution in [3.05, 3.63) is 70.1 Å². The van der Waals surface area contributed by atoms with Gasteiger partial charge in [-0.3, -0.25) is 4.79 Å². The highest BCUT2D eigenvalue weighted by atomic mass is 16.6. The molecule has 0 bridgehead atoms. The number of hydrogen-bond acceptors (Lipinski definition) is 6. The highest BCUT2D eigenvalue weighted by Crippen LogP contribution is 2.31. The van der Waals surface area contributed by atoms with E-state index in [4.69, 9.17) is 13.9 Å². The molecule has 4 rings (SSSR count). The van der Waals surface area contributed by atoms with Crippen LogP contribution in [0.5, 0.6) is 5.75 Å². The first kappa shape index (κ1) is 19.7. The molecule has 30 heavy (non-hydrogen) atoms. The standard InChI is InChI=1S/C23H21NO6/c1-14-9-22(26)30-20-11-17(7-8-18(14)20)28-13-23(27)29-12-21(25)24-15(2)10-16-5-3-4-6-19(16)24/h3-9,11,15H,10,12-13H2,1-2H3/t15-/m1/s1. The number of rotatable bonds is 5. The number of hydrogen-bond donors (Lipinski definition) is 0. The van der Waals surface area contributed by atoms with Gasteiger partial charge in [0.05, 0.1) is 0 Å². The maximum absolute atomic E-state index is 12.6. The normalized spacial score (nSPS) is 15.1. The fourth-order valence-electron chi connectivity index (χ4n) is 3.74. The number of amides is 1. The predicted molar refractivity (Wildman–Crippen MR) is 111 cm³/mol. The van der Waals surface area contributed by atoms with Crippen LogP contribution in [0, 0.1) is 6.92 Å². The van der Waals surface area contributed by atoms with Gasteiger partial charge in [-0.2, -0.15) is 0 Å². The van der Waals surface area contributed by atoms with Gasteiger partial charge in [-0.05, 0) is 49.6 Å². The zero-order valence-corrected chi connectivity index (χ0v) is 16.7. The van der Waals surface area contributed by atoms with Gasteiger partial charge in [-0.25, -0.2) is 9.59 Å². The van der Waals surface area contributed by atoms with Gasteiger partial charge < -0.3 is 18.8 Å². The Balaban J connectivity index is 1.34. The first-order chi connectivity index (χ1) is 14.4. The molecule has 1 aliphatic rings. The number of fused-ring (bicyclic) bond motifs is 2. The van der Waals surface area contributed by atoms with E-state index in [0.717, 1.165) is 28.6 Å². The van der Waals surface area contributed by atoms with Crippen molar-refractivity contribution >= 4 is 28.5 Å². The Kier molecular flexibility index (Phi) is 5.27. The van der Waals surface area contributed by atoms with Gasteiger partial charge in [0, 0.05) is 29.2 Å². The lowest BCUT2D eigenvalue weighted by molar-refractivity contribution is -0.149. The van der Waals surface area contributed by atoms with Crippen LogP contribution in [0.25, 0.3) is 11.0 Å². The summed E-state index contributed by atoms with van der Waals surface area (Å²) in [5.74, 6) is -0.570. The number of esters is 1. The van der Waals surface area contributed by atoms with Gasteiger partial charge in [0.1, 0.15) is 11.3 Å². The summed E-state index contributed by atoms with van der Waals surface area (Å²) in [4.78, 5) is 37.8. The summed E-state index contributed by atoms with van der Waals surface area (Å²) < 4.78 is 15.7. The highest BCUT2D eigenvalue weighted by molar-refractivity contribution is 5.97. The second kappa shape index (κ2) is 8.02. The number of aryl methyl sites for hydroxylation is 1. The third-order valence-corrected chi connectivity index (χ3v) is 5.11. The number of anilines is 1. The molecular weight excluding hydrogens is 386 g/mol. The third-order valence-electron chi connectivity index (χ3n) is 5.11. The van der Waals surface area contributed by atoms with Crippen molar-refractivity contribution in [1.82, 2.24) is 0 Å². The fraction of sp³-hybridized carbons (Fsp3) is 0.261. The smallest absolute Gasteiger partial charge is 0.344 e. The summed E-state index contributed by atoms with van der Waals surface area (Å²) in [6.07, 6.45) is 0.774. The zero-order chi connectivity index (χ0) is 21.3. The van der Waals surface area contributed by atoms with Crippen LogP contribution in [0.3, 0.4) is 0 Å². The predicted octanol–water partition coefficient (Wildman–Crippen LogP) is 3.00. The average Bonchev–Trinajstić information content (AvgIpc) is 3.05. The minimum atomic E-state index is -0.658. The molecule has 0 fully saturated rings. The Hall–Kier alpha value is -3.61. The summed E-state index contributed by atoms with van der Waals surface area (Å²) in [7, 11) is 0. The molecule has 0 radical (unpaired) electrons. The number of carbonyl (C=O) groups excluding carboxylic acids is 2. The van der Waals surface area contributed by atoms with E-state index in [1.165, 1.54) is 6.07 Å². The quantitative estimate of drug-likeness (QED) is 0.477. The Morgan fingerprint density at radius 1 is 1.13 bits per heavy atom. The molecule has 0 saturated heterocycles. The van der Waals surface area contributed by atoms with Crippen molar-refractivity contribution in [2.75, 3.05) is 18.1 Å². The molecule has 1 atom stereocenters. The minimum absolute atomic E-state index is 0.0144. The largest absolute Gasteiger partial charge is 0.482 e. The molecule has 7 nitrogen and oxygen atoms in total. The molecule has 7 heteroatoms. The van der Waals surface area contributed by atoms with Crippen molar-refractivity contribution in [2.45, 2.75) is 26.3 Å². The van der Waals surface area contributed by atoms with E-state index >= 15 is 0 Å². The lowest BCUT2D eigenvalue weighted by Gasteiger charge is -2.22. The van der Waals surface area contributed by atoms with Crippen LogP contribution >= 0.6 is 0 Å². The second-order valence-electron chi connectivity index (χ2n) is 7.30. The molecule has 1 amide bonds. The van der Waals surface area contributed by atoms with Gasteiger partial charge in [-0.1, -0.05) is 18.2 Å². The molecule has 1 aromatic heterocycles. The lowest BCUT2D eigenvalue weighted by Crippen LogP contribution is -2.39. The van der Waals surface area contributed by atoms with Gasteiger partial charge >= 0.3 is 11.6 Å². The monoisotopic (exact) mass is 407 g/mol. The Bertz CT molecular complexity index is 1180. The number of nitrogens with zero attached hydrogens (tertiary/aromatic N) is 1. The lowest BCUT2D eigenvalue weighted by atomic mass is 10.1. The topological polar surface area (TPSA) is 86.0 Å². The SMILES string of the molecule is Cc1cc(=O)oc2cc(OCC(=O)OCC(=O)N3c4ccccc4C[C@H]3C)ccc12. The molecule has 3 aromatic rings.